The summed E-state index contributed by atoms with van der Waals surface area (Å²) < 4.78 is 0. The van der Waals surface area contributed by atoms with Crippen LogP contribution >= 0.6 is 0 Å². The lowest BCUT2D eigenvalue weighted by Crippen LogP contribution is -2.34. The Labute approximate surface area is 127 Å². The van der Waals surface area contributed by atoms with E-state index in [1.807, 2.05) is 12.1 Å². The lowest BCUT2D eigenvalue weighted by atomic mass is 9.86. The van der Waals surface area contributed by atoms with Crippen molar-refractivity contribution in [2.45, 2.75) is 33.2 Å². The zero-order chi connectivity index (χ0) is 15.2. The fourth-order valence-corrected chi connectivity index (χ4v) is 2.94. The number of rotatable bonds is 5. The fraction of sp³-hybridized carbons (Fsp3) is 0.500. The van der Waals surface area contributed by atoms with Gasteiger partial charge in [0.25, 0.3) is 0 Å². The third kappa shape index (κ3) is 5.01. The molecule has 0 spiro atoms. The van der Waals surface area contributed by atoms with Crippen molar-refractivity contribution in [2.75, 3.05) is 13.1 Å². The molecule has 1 N–H and O–H groups in total. The van der Waals surface area contributed by atoms with E-state index >= 15 is 0 Å². The molecule has 0 saturated carbocycles. The standard InChI is InChI=1S/C18H25NO2/c1-14(2)17-9-11-19(12-10-17)13-16-5-3-15(4-6-16)7-8-18(20)21/h3-8,14,17H,9-13H2,1-2H3,(H,20,21)/b8-7+. The molecule has 0 unspecified atom stereocenters. The number of nitrogens with zero attached hydrogens (tertiary/aromatic N) is 1. The molecule has 1 aromatic rings. The van der Waals surface area contributed by atoms with E-state index in [4.69, 9.17) is 5.11 Å². The maximum Gasteiger partial charge on any atom is 0.328 e. The average molecular weight is 287 g/mol. The van der Waals surface area contributed by atoms with Crippen molar-refractivity contribution >= 4 is 12.0 Å². The first-order valence-corrected chi connectivity index (χ1v) is 7.77. The zero-order valence-corrected chi connectivity index (χ0v) is 13.0. The van der Waals surface area contributed by atoms with Crippen LogP contribution in [0.4, 0.5) is 0 Å². The molecule has 0 bridgehead atoms. The summed E-state index contributed by atoms with van der Waals surface area (Å²) in [5.74, 6) is 0.768. The molecule has 0 amide bonds. The molecule has 1 fully saturated rings. The summed E-state index contributed by atoms with van der Waals surface area (Å²) in [6.45, 7) is 8.01. The summed E-state index contributed by atoms with van der Waals surface area (Å²) in [7, 11) is 0. The normalized spacial score (nSPS) is 17.7. The van der Waals surface area contributed by atoms with Gasteiger partial charge in [0.1, 0.15) is 0 Å². The molecule has 1 heterocycles. The second-order valence-electron chi connectivity index (χ2n) is 6.27. The summed E-state index contributed by atoms with van der Waals surface area (Å²) in [5.41, 5.74) is 2.23. The minimum absolute atomic E-state index is 0.799. The third-order valence-electron chi connectivity index (χ3n) is 4.38. The predicted molar refractivity (Wildman–Crippen MR) is 86.0 cm³/mol. The van der Waals surface area contributed by atoms with E-state index in [0.29, 0.717) is 0 Å². The van der Waals surface area contributed by atoms with E-state index in [-0.39, 0.29) is 0 Å². The van der Waals surface area contributed by atoms with Crippen LogP contribution in [0.1, 0.15) is 37.8 Å². The van der Waals surface area contributed by atoms with E-state index in [0.717, 1.165) is 23.9 Å². The van der Waals surface area contributed by atoms with Crippen molar-refractivity contribution in [3.8, 4) is 0 Å². The van der Waals surface area contributed by atoms with Crippen molar-refractivity contribution in [2.24, 2.45) is 11.8 Å². The number of benzene rings is 1. The van der Waals surface area contributed by atoms with Crippen LogP contribution in [-0.2, 0) is 11.3 Å². The molecule has 1 aliphatic rings. The maximum absolute atomic E-state index is 10.5. The summed E-state index contributed by atoms with van der Waals surface area (Å²) >= 11 is 0. The molecule has 21 heavy (non-hydrogen) atoms. The van der Waals surface area contributed by atoms with Gasteiger partial charge in [-0.15, -0.1) is 0 Å². The second kappa shape index (κ2) is 7.41. The summed E-state index contributed by atoms with van der Waals surface area (Å²) in [6.07, 6.45) is 5.40. The van der Waals surface area contributed by atoms with Crippen molar-refractivity contribution in [1.29, 1.82) is 0 Å². The van der Waals surface area contributed by atoms with E-state index in [1.54, 1.807) is 6.08 Å². The van der Waals surface area contributed by atoms with Crippen molar-refractivity contribution < 1.29 is 9.90 Å². The molecule has 0 aliphatic carbocycles. The number of piperidine rings is 1. The largest absolute Gasteiger partial charge is 0.478 e. The van der Waals surface area contributed by atoms with Gasteiger partial charge in [0.2, 0.25) is 0 Å². The second-order valence-corrected chi connectivity index (χ2v) is 6.27. The first kappa shape index (κ1) is 15.8. The van der Waals surface area contributed by atoms with Gasteiger partial charge in [-0.25, -0.2) is 4.79 Å². The monoisotopic (exact) mass is 287 g/mol. The molecule has 2 rings (SSSR count). The highest BCUT2D eigenvalue weighted by Crippen LogP contribution is 2.25. The van der Waals surface area contributed by atoms with Crippen LogP contribution in [0, 0.1) is 11.8 Å². The van der Waals surface area contributed by atoms with E-state index in [9.17, 15) is 4.79 Å². The molecule has 0 atom stereocenters. The number of likely N-dealkylation sites (tertiary alicyclic amines) is 1. The molecular formula is C18H25NO2. The van der Waals surface area contributed by atoms with Gasteiger partial charge >= 0.3 is 5.97 Å². The van der Waals surface area contributed by atoms with Crippen molar-refractivity contribution in [1.82, 2.24) is 4.90 Å². The Morgan fingerprint density at radius 3 is 2.43 bits per heavy atom. The molecule has 114 valence electrons. The van der Waals surface area contributed by atoms with Crippen molar-refractivity contribution in [3.63, 3.8) is 0 Å². The summed E-state index contributed by atoms with van der Waals surface area (Å²) in [6, 6.07) is 8.15. The Morgan fingerprint density at radius 1 is 1.29 bits per heavy atom. The first-order valence-electron chi connectivity index (χ1n) is 7.77. The SMILES string of the molecule is CC(C)C1CCN(Cc2ccc(/C=C/C(=O)O)cc2)CC1. The van der Waals surface area contributed by atoms with E-state index in [2.05, 4.69) is 30.9 Å². The number of hydrogen-bond donors (Lipinski definition) is 1. The van der Waals surface area contributed by atoms with Crippen LogP contribution in [0.3, 0.4) is 0 Å². The maximum atomic E-state index is 10.5. The van der Waals surface area contributed by atoms with Gasteiger partial charge < -0.3 is 5.11 Å². The highest BCUT2D eigenvalue weighted by molar-refractivity contribution is 5.85. The Hall–Kier alpha value is -1.61. The van der Waals surface area contributed by atoms with Gasteiger partial charge in [-0.05, 0) is 55.0 Å². The smallest absolute Gasteiger partial charge is 0.328 e. The average Bonchev–Trinajstić information content (AvgIpc) is 2.47. The van der Waals surface area contributed by atoms with Crippen LogP contribution in [0.25, 0.3) is 6.08 Å². The molecule has 3 heteroatoms. The molecule has 1 aromatic carbocycles. The molecule has 0 radical (unpaired) electrons. The third-order valence-corrected chi connectivity index (χ3v) is 4.38. The minimum Gasteiger partial charge on any atom is -0.478 e. The van der Waals surface area contributed by atoms with Crippen LogP contribution in [0.15, 0.2) is 30.3 Å². The zero-order valence-electron chi connectivity index (χ0n) is 13.0. The number of carboxylic acids is 1. The van der Waals surface area contributed by atoms with Crippen LogP contribution in [0.5, 0.6) is 0 Å². The Bertz CT molecular complexity index is 482. The first-order chi connectivity index (χ1) is 10.0. The van der Waals surface area contributed by atoms with Crippen LogP contribution in [-0.4, -0.2) is 29.1 Å². The van der Waals surface area contributed by atoms with E-state index < -0.39 is 5.97 Å². The van der Waals surface area contributed by atoms with Crippen LogP contribution < -0.4 is 0 Å². The number of aliphatic carboxylic acids is 1. The van der Waals surface area contributed by atoms with Gasteiger partial charge in [-0.3, -0.25) is 4.90 Å². The van der Waals surface area contributed by atoms with Gasteiger partial charge in [0.15, 0.2) is 0 Å². The Kier molecular flexibility index (Phi) is 5.57. The van der Waals surface area contributed by atoms with E-state index in [1.165, 1.54) is 37.6 Å². The lowest BCUT2D eigenvalue weighted by Gasteiger charge is -2.33. The molecule has 1 saturated heterocycles. The van der Waals surface area contributed by atoms with Crippen LogP contribution in [0.2, 0.25) is 0 Å². The van der Waals surface area contributed by atoms with Gasteiger partial charge in [0, 0.05) is 12.6 Å². The predicted octanol–water partition coefficient (Wildman–Crippen LogP) is 3.65. The fourth-order valence-electron chi connectivity index (χ4n) is 2.94. The van der Waals surface area contributed by atoms with Gasteiger partial charge in [-0.2, -0.15) is 0 Å². The number of carboxylic acid groups (broad SMARTS) is 1. The molecule has 3 nitrogen and oxygen atoms in total. The highest BCUT2D eigenvalue weighted by Gasteiger charge is 2.21. The Morgan fingerprint density at radius 2 is 1.90 bits per heavy atom. The lowest BCUT2D eigenvalue weighted by molar-refractivity contribution is -0.131. The number of hydrogen-bond acceptors (Lipinski definition) is 2. The molecular weight excluding hydrogens is 262 g/mol. The summed E-state index contributed by atoms with van der Waals surface area (Å²) in [4.78, 5) is 13.0. The summed E-state index contributed by atoms with van der Waals surface area (Å²) in [5, 5.41) is 8.61. The Balaban J connectivity index is 1.85. The highest BCUT2D eigenvalue weighted by atomic mass is 16.4. The topological polar surface area (TPSA) is 40.5 Å². The number of carbonyl (C=O) groups is 1. The van der Waals surface area contributed by atoms with Crippen molar-refractivity contribution in [3.05, 3.63) is 41.5 Å². The minimum atomic E-state index is -0.910. The van der Waals surface area contributed by atoms with Gasteiger partial charge in [-0.1, -0.05) is 38.1 Å². The molecule has 0 aromatic heterocycles. The van der Waals surface area contributed by atoms with Gasteiger partial charge in [0.05, 0.1) is 0 Å². The quantitative estimate of drug-likeness (QED) is 0.840. The molecule has 1 aliphatic heterocycles.